The Morgan fingerprint density at radius 3 is 2.59 bits per heavy atom. The molecule has 0 saturated carbocycles. The number of rotatable bonds is 4. The van der Waals surface area contributed by atoms with Crippen LogP contribution in [0.25, 0.3) is 0 Å². The molecule has 6 heteroatoms. The van der Waals surface area contributed by atoms with Crippen molar-refractivity contribution in [2.75, 3.05) is 13.6 Å². The second-order valence-corrected chi connectivity index (χ2v) is 3.80. The maximum atomic E-state index is 11.7. The Bertz CT molecular complexity index is 515. The van der Waals surface area contributed by atoms with E-state index < -0.39 is 5.69 Å². The summed E-state index contributed by atoms with van der Waals surface area (Å²) >= 11 is 0. The number of likely N-dealkylation sites (N-methyl/N-ethyl adjacent to an activating group) is 1. The minimum Gasteiger partial charge on any atom is -0.344 e. The Morgan fingerprint density at radius 2 is 2.06 bits per heavy atom. The SMILES string of the molecule is CCc1cn(CC(=O)N(C)CC)c(=O)[nH]c1=O. The summed E-state index contributed by atoms with van der Waals surface area (Å²) in [4.78, 5) is 38.2. The number of aromatic amines is 1. The maximum absolute atomic E-state index is 11.7. The lowest BCUT2D eigenvalue weighted by molar-refractivity contribution is -0.130. The van der Waals surface area contributed by atoms with Gasteiger partial charge in [0.05, 0.1) is 0 Å². The van der Waals surface area contributed by atoms with Gasteiger partial charge >= 0.3 is 5.69 Å². The van der Waals surface area contributed by atoms with Crippen molar-refractivity contribution in [2.24, 2.45) is 0 Å². The number of hydrogen-bond acceptors (Lipinski definition) is 3. The molecule has 0 aliphatic carbocycles. The number of carbonyl (C=O) groups excluding carboxylic acids is 1. The molecule has 94 valence electrons. The van der Waals surface area contributed by atoms with Crippen LogP contribution < -0.4 is 11.2 Å². The van der Waals surface area contributed by atoms with Gasteiger partial charge in [0, 0.05) is 25.4 Å². The predicted octanol–water partition coefficient (Wildman–Crippen LogP) is -0.423. The summed E-state index contributed by atoms with van der Waals surface area (Å²) in [6, 6.07) is 0. The minimum absolute atomic E-state index is 0.0487. The molecule has 0 aliphatic rings. The number of aromatic nitrogens is 2. The van der Waals surface area contributed by atoms with Gasteiger partial charge < -0.3 is 4.90 Å². The molecule has 6 nitrogen and oxygen atoms in total. The van der Waals surface area contributed by atoms with Crippen molar-refractivity contribution in [3.8, 4) is 0 Å². The molecule has 0 unspecified atom stereocenters. The van der Waals surface area contributed by atoms with Gasteiger partial charge in [-0.25, -0.2) is 4.79 Å². The van der Waals surface area contributed by atoms with Crippen LogP contribution in [0.5, 0.6) is 0 Å². The summed E-state index contributed by atoms with van der Waals surface area (Å²) < 4.78 is 1.23. The van der Waals surface area contributed by atoms with E-state index in [1.165, 1.54) is 15.7 Å². The number of carbonyl (C=O) groups is 1. The van der Waals surface area contributed by atoms with Gasteiger partial charge in [-0.15, -0.1) is 0 Å². The summed E-state index contributed by atoms with van der Waals surface area (Å²) in [5, 5.41) is 0. The van der Waals surface area contributed by atoms with Crippen LogP contribution in [-0.2, 0) is 17.8 Å². The highest BCUT2D eigenvalue weighted by Gasteiger charge is 2.10. The molecule has 0 aliphatic heterocycles. The van der Waals surface area contributed by atoms with E-state index in [0.717, 1.165) is 0 Å². The van der Waals surface area contributed by atoms with Crippen molar-refractivity contribution >= 4 is 5.91 Å². The summed E-state index contributed by atoms with van der Waals surface area (Å²) in [7, 11) is 1.67. The maximum Gasteiger partial charge on any atom is 0.328 e. The minimum atomic E-state index is -0.551. The fraction of sp³-hybridized carbons (Fsp3) is 0.545. The van der Waals surface area contributed by atoms with Crippen molar-refractivity contribution in [3.63, 3.8) is 0 Å². The van der Waals surface area contributed by atoms with Crippen LogP contribution in [-0.4, -0.2) is 34.0 Å². The number of hydrogen-bond donors (Lipinski definition) is 1. The second kappa shape index (κ2) is 5.47. The van der Waals surface area contributed by atoms with E-state index in [2.05, 4.69) is 4.98 Å². The molecule has 1 amide bonds. The largest absolute Gasteiger partial charge is 0.344 e. The molecule has 0 spiro atoms. The summed E-state index contributed by atoms with van der Waals surface area (Å²) in [5.41, 5.74) is -0.438. The van der Waals surface area contributed by atoms with Crippen molar-refractivity contribution in [2.45, 2.75) is 26.8 Å². The molecule has 0 aromatic carbocycles. The Labute approximate surface area is 98.9 Å². The Morgan fingerprint density at radius 1 is 1.41 bits per heavy atom. The van der Waals surface area contributed by atoms with Gasteiger partial charge in [-0.3, -0.25) is 19.1 Å². The molecule has 0 radical (unpaired) electrons. The molecule has 0 atom stereocenters. The Kier molecular flexibility index (Phi) is 4.25. The molecule has 0 saturated heterocycles. The first kappa shape index (κ1) is 13.2. The van der Waals surface area contributed by atoms with E-state index in [4.69, 9.17) is 0 Å². The molecule has 0 bridgehead atoms. The van der Waals surface area contributed by atoms with E-state index in [1.54, 1.807) is 7.05 Å². The normalized spacial score (nSPS) is 10.3. The lowest BCUT2D eigenvalue weighted by Gasteiger charge is -2.15. The van der Waals surface area contributed by atoms with Crippen molar-refractivity contribution in [3.05, 3.63) is 32.6 Å². The smallest absolute Gasteiger partial charge is 0.328 e. The first-order chi connectivity index (χ1) is 7.99. The lowest BCUT2D eigenvalue weighted by atomic mass is 10.2. The van der Waals surface area contributed by atoms with Crippen LogP contribution in [0.1, 0.15) is 19.4 Å². The van der Waals surface area contributed by atoms with Crippen molar-refractivity contribution < 1.29 is 4.79 Å². The van der Waals surface area contributed by atoms with Crippen LogP contribution in [0.15, 0.2) is 15.8 Å². The van der Waals surface area contributed by atoms with Gasteiger partial charge in [0.2, 0.25) is 5.91 Å². The monoisotopic (exact) mass is 239 g/mol. The second-order valence-electron chi connectivity index (χ2n) is 3.80. The number of nitrogens with zero attached hydrogens (tertiary/aromatic N) is 2. The molecule has 1 N–H and O–H groups in total. The standard InChI is InChI=1S/C11H17N3O3/c1-4-8-6-14(11(17)12-10(8)16)7-9(15)13(3)5-2/h6H,4-5,7H2,1-3H3,(H,12,16,17). The molecule has 1 rings (SSSR count). The van der Waals surface area contributed by atoms with E-state index in [9.17, 15) is 14.4 Å². The zero-order valence-corrected chi connectivity index (χ0v) is 10.3. The van der Waals surface area contributed by atoms with Crippen molar-refractivity contribution in [1.82, 2.24) is 14.5 Å². The predicted molar refractivity (Wildman–Crippen MR) is 64.0 cm³/mol. The fourth-order valence-corrected chi connectivity index (χ4v) is 1.37. The third-order valence-electron chi connectivity index (χ3n) is 2.67. The highest BCUT2D eigenvalue weighted by atomic mass is 16.2. The van der Waals surface area contributed by atoms with Gasteiger partial charge in [-0.2, -0.15) is 0 Å². The fourth-order valence-electron chi connectivity index (χ4n) is 1.37. The van der Waals surface area contributed by atoms with Crippen LogP contribution in [0.2, 0.25) is 0 Å². The average Bonchev–Trinajstić information content (AvgIpc) is 2.31. The highest BCUT2D eigenvalue weighted by Crippen LogP contribution is 1.92. The van der Waals surface area contributed by atoms with Gasteiger partial charge in [-0.05, 0) is 13.3 Å². The van der Waals surface area contributed by atoms with E-state index >= 15 is 0 Å². The summed E-state index contributed by atoms with van der Waals surface area (Å²) in [6.45, 7) is 4.20. The highest BCUT2D eigenvalue weighted by molar-refractivity contribution is 5.75. The average molecular weight is 239 g/mol. The van der Waals surface area contributed by atoms with E-state index in [0.29, 0.717) is 18.5 Å². The Hall–Kier alpha value is -1.85. The number of aryl methyl sites for hydroxylation is 1. The van der Waals surface area contributed by atoms with Crippen LogP contribution >= 0.6 is 0 Å². The molecule has 1 aromatic rings. The quantitative estimate of drug-likeness (QED) is 0.775. The van der Waals surface area contributed by atoms with Crippen LogP contribution in [0, 0.1) is 0 Å². The lowest BCUT2D eigenvalue weighted by Crippen LogP contribution is -2.37. The molecule has 0 fully saturated rings. The van der Waals surface area contributed by atoms with E-state index in [-0.39, 0.29) is 18.0 Å². The topological polar surface area (TPSA) is 75.2 Å². The zero-order valence-electron chi connectivity index (χ0n) is 10.3. The van der Waals surface area contributed by atoms with Gasteiger partial charge in [0.15, 0.2) is 0 Å². The van der Waals surface area contributed by atoms with Gasteiger partial charge in [0.1, 0.15) is 6.54 Å². The Balaban J connectivity index is 3.03. The van der Waals surface area contributed by atoms with Crippen molar-refractivity contribution in [1.29, 1.82) is 0 Å². The van der Waals surface area contributed by atoms with Crippen LogP contribution in [0.3, 0.4) is 0 Å². The van der Waals surface area contributed by atoms with E-state index in [1.807, 2.05) is 13.8 Å². The number of H-pyrrole nitrogens is 1. The van der Waals surface area contributed by atoms with Gasteiger partial charge in [0.25, 0.3) is 5.56 Å². The molecule has 17 heavy (non-hydrogen) atoms. The molecule has 1 aromatic heterocycles. The summed E-state index contributed by atoms with van der Waals surface area (Å²) in [5.74, 6) is -0.163. The summed E-state index contributed by atoms with van der Waals surface area (Å²) in [6.07, 6.45) is 1.97. The third-order valence-corrected chi connectivity index (χ3v) is 2.67. The molecular formula is C11H17N3O3. The first-order valence-corrected chi connectivity index (χ1v) is 5.56. The van der Waals surface area contributed by atoms with Crippen LogP contribution in [0.4, 0.5) is 0 Å². The number of nitrogens with one attached hydrogen (secondary N) is 1. The molecular weight excluding hydrogens is 222 g/mol. The number of amides is 1. The third kappa shape index (κ3) is 3.05. The zero-order chi connectivity index (χ0) is 13.0. The first-order valence-electron chi connectivity index (χ1n) is 5.56. The van der Waals surface area contributed by atoms with Gasteiger partial charge in [-0.1, -0.05) is 6.92 Å². The molecule has 1 heterocycles.